The van der Waals surface area contributed by atoms with Crippen molar-refractivity contribution in [3.63, 3.8) is 0 Å². The Labute approximate surface area is 165 Å². The minimum Gasteiger partial charge on any atom is -0.345 e. The largest absolute Gasteiger partial charge is 0.345 e. The van der Waals surface area contributed by atoms with E-state index in [9.17, 15) is 9.59 Å². The highest BCUT2D eigenvalue weighted by atomic mass is 16.2. The van der Waals surface area contributed by atoms with Crippen LogP contribution in [0.15, 0.2) is 84.9 Å². The first-order chi connectivity index (χ1) is 13.7. The Bertz CT molecular complexity index is 906. The van der Waals surface area contributed by atoms with Gasteiger partial charge in [-0.1, -0.05) is 67.6 Å². The predicted octanol–water partition coefficient (Wildman–Crippen LogP) is 4.75. The minimum absolute atomic E-state index is 0.147. The van der Waals surface area contributed by atoms with Gasteiger partial charge in [0, 0.05) is 11.3 Å². The lowest BCUT2D eigenvalue weighted by molar-refractivity contribution is -0.116. The van der Waals surface area contributed by atoms with Gasteiger partial charge in [0.25, 0.3) is 5.91 Å². The van der Waals surface area contributed by atoms with Gasteiger partial charge in [0.05, 0.1) is 12.5 Å². The zero-order valence-electron chi connectivity index (χ0n) is 15.9. The Morgan fingerprint density at radius 2 is 1.43 bits per heavy atom. The molecule has 28 heavy (non-hydrogen) atoms. The van der Waals surface area contributed by atoms with Crippen molar-refractivity contribution in [2.24, 2.45) is 0 Å². The molecule has 4 nitrogen and oxygen atoms in total. The molecule has 0 fully saturated rings. The quantitative estimate of drug-likeness (QED) is 0.629. The molecule has 3 aromatic rings. The molecular weight excluding hydrogens is 348 g/mol. The topological polar surface area (TPSA) is 58.2 Å². The summed E-state index contributed by atoms with van der Waals surface area (Å²) in [7, 11) is 0. The van der Waals surface area contributed by atoms with Crippen LogP contribution in [0.1, 0.15) is 40.9 Å². The molecule has 0 unspecified atom stereocenters. The first-order valence-corrected chi connectivity index (χ1v) is 9.45. The maximum absolute atomic E-state index is 12.6. The Kier molecular flexibility index (Phi) is 6.58. The number of anilines is 1. The molecule has 3 aromatic carbocycles. The van der Waals surface area contributed by atoms with Crippen molar-refractivity contribution in [3.05, 3.63) is 102 Å². The van der Waals surface area contributed by atoms with Gasteiger partial charge in [0.15, 0.2) is 0 Å². The molecule has 0 aliphatic rings. The van der Waals surface area contributed by atoms with Gasteiger partial charge in [-0.15, -0.1) is 0 Å². The van der Waals surface area contributed by atoms with Gasteiger partial charge in [-0.2, -0.15) is 0 Å². The summed E-state index contributed by atoms with van der Waals surface area (Å²) >= 11 is 0. The summed E-state index contributed by atoms with van der Waals surface area (Å²) < 4.78 is 0. The van der Waals surface area contributed by atoms with Crippen LogP contribution in [-0.4, -0.2) is 11.8 Å². The number of hydrogen-bond donors (Lipinski definition) is 2. The van der Waals surface area contributed by atoms with Gasteiger partial charge in [-0.3, -0.25) is 9.59 Å². The van der Waals surface area contributed by atoms with Crippen LogP contribution in [0.5, 0.6) is 0 Å². The SMILES string of the molecule is CCc1ccc(NC(=O)C[C@@H](NC(=O)c2ccccc2)c2ccccc2)cc1. The summed E-state index contributed by atoms with van der Waals surface area (Å²) in [6.45, 7) is 2.09. The first-order valence-electron chi connectivity index (χ1n) is 9.45. The van der Waals surface area contributed by atoms with Crippen molar-refractivity contribution >= 4 is 17.5 Å². The van der Waals surface area contributed by atoms with Crippen LogP contribution < -0.4 is 10.6 Å². The lowest BCUT2D eigenvalue weighted by Crippen LogP contribution is -2.31. The Balaban J connectivity index is 1.71. The molecule has 4 heteroatoms. The van der Waals surface area contributed by atoms with Crippen molar-refractivity contribution in [3.8, 4) is 0 Å². The van der Waals surface area contributed by atoms with Crippen LogP contribution >= 0.6 is 0 Å². The average molecular weight is 372 g/mol. The number of rotatable bonds is 7. The van der Waals surface area contributed by atoms with E-state index in [4.69, 9.17) is 0 Å². The van der Waals surface area contributed by atoms with Crippen LogP contribution in [0.2, 0.25) is 0 Å². The number of carbonyl (C=O) groups is 2. The van der Waals surface area contributed by atoms with Gasteiger partial charge in [-0.05, 0) is 41.8 Å². The van der Waals surface area contributed by atoms with Crippen molar-refractivity contribution in [1.29, 1.82) is 0 Å². The van der Waals surface area contributed by atoms with Crippen LogP contribution in [0.3, 0.4) is 0 Å². The fourth-order valence-corrected chi connectivity index (χ4v) is 2.99. The van der Waals surface area contributed by atoms with E-state index < -0.39 is 6.04 Å². The highest BCUT2D eigenvalue weighted by Crippen LogP contribution is 2.19. The fourth-order valence-electron chi connectivity index (χ4n) is 2.99. The molecule has 0 bridgehead atoms. The molecule has 0 saturated carbocycles. The second-order valence-corrected chi connectivity index (χ2v) is 6.61. The van der Waals surface area contributed by atoms with E-state index in [1.54, 1.807) is 12.1 Å². The monoisotopic (exact) mass is 372 g/mol. The van der Waals surface area contributed by atoms with Crippen molar-refractivity contribution in [1.82, 2.24) is 5.32 Å². The second kappa shape index (κ2) is 9.51. The van der Waals surface area contributed by atoms with Gasteiger partial charge in [0.1, 0.15) is 0 Å². The number of nitrogens with one attached hydrogen (secondary N) is 2. The number of carbonyl (C=O) groups excluding carboxylic acids is 2. The lowest BCUT2D eigenvalue weighted by Gasteiger charge is -2.19. The molecule has 0 saturated heterocycles. The summed E-state index contributed by atoms with van der Waals surface area (Å²) in [5.41, 5.74) is 3.43. The molecule has 2 N–H and O–H groups in total. The molecule has 0 heterocycles. The summed E-state index contributed by atoms with van der Waals surface area (Å²) in [6.07, 6.45) is 1.11. The van der Waals surface area contributed by atoms with Crippen molar-refractivity contribution in [2.45, 2.75) is 25.8 Å². The highest BCUT2D eigenvalue weighted by molar-refractivity contribution is 5.95. The maximum atomic E-state index is 12.6. The molecule has 3 rings (SSSR count). The zero-order valence-corrected chi connectivity index (χ0v) is 15.9. The van der Waals surface area contributed by atoms with Crippen LogP contribution in [0, 0.1) is 0 Å². The lowest BCUT2D eigenvalue weighted by atomic mass is 10.0. The fraction of sp³-hybridized carbons (Fsp3) is 0.167. The average Bonchev–Trinajstić information content (AvgIpc) is 2.75. The highest BCUT2D eigenvalue weighted by Gasteiger charge is 2.19. The molecule has 2 amide bonds. The van der Waals surface area contributed by atoms with Gasteiger partial charge in [0.2, 0.25) is 5.91 Å². The van der Waals surface area contributed by atoms with E-state index in [1.807, 2.05) is 72.8 Å². The number of amides is 2. The standard InChI is InChI=1S/C24H24N2O2/c1-2-18-13-15-21(16-14-18)25-23(27)17-22(19-9-5-3-6-10-19)26-24(28)20-11-7-4-8-12-20/h3-16,22H,2,17H2,1H3,(H,25,27)(H,26,28)/t22-/m1/s1. The maximum Gasteiger partial charge on any atom is 0.251 e. The van der Waals surface area contributed by atoms with Gasteiger partial charge < -0.3 is 10.6 Å². The first kappa shape index (κ1) is 19.4. The van der Waals surface area contributed by atoms with Crippen LogP contribution in [0.25, 0.3) is 0 Å². The van der Waals surface area contributed by atoms with E-state index >= 15 is 0 Å². The Hall–Kier alpha value is -3.40. The zero-order chi connectivity index (χ0) is 19.8. The molecule has 0 radical (unpaired) electrons. The molecule has 142 valence electrons. The van der Waals surface area contributed by atoms with Gasteiger partial charge in [-0.25, -0.2) is 0 Å². The van der Waals surface area contributed by atoms with Gasteiger partial charge >= 0.3 is 0 Å². The van der Waals surface area contributed by atoms with Crippen LogP contribution in [0.4, 0.5) is 5.69 Å². The normalized spacial score (nSPS) is 11.5. The number of hydrogen-bond acceptors (Lipinski definition) is 2. The summed E-state index contributed by atoms with van der Waals surface area (Å²) in [4.78, 5) is 25.2. The summed E-state index contributed by atoms with van der Waals surface area (Å²) in [5, 5.41) is 5.90. The number of aryl methyl sites for hydroxylation is 1. The third kappa shape index (κ3) is 5.30. The summed E-state index contributed by atoms with van der Waals surface area (Å²) in [6, 6.07) is 25.9. The third-order valence-corrected chi connectivity index (χ3v) is 4.58. The smallest absolute Gasteiger partial charge is 0.251 e. The van der Waals surface area contributed by atoms with Crippen LogP contribution in [-0.2, 0) is 11.2 Å². The molecule has 0 aliphatic carbocycles. The Morgan fingerprint density at radius 1 is 0.821 bits per heavy atom. The molecule has 0 aromatic heterocycles. The molecule has 0 spiro atoms. The van der Waals surface area contributed by atoms with E-state index in [-0.39, 0.29) is 18.2 Å². The second-order valence-electron chi connectivity index (χ2n) is 6.61. The third-order valence-electron chi connectivity index (χ3n) is 4.58. The Morgan fingerprint density at radius 3 is 2.04 bits per heavy atom. The molecule has 1 atom stereocenters. The predicted molar refractivity (Wildman–Crippen MR) is 112 cm³/mol. The van der Waals surface area contributed by atoms with E-state index in [0.717, 1.165) is 17.7 Å². The van der Waals surface area contributed by atoms with E-state index in [0.29, 0.717) is 5.56 Å². The van der Waals surface area contributed by atoms with Crippen molar-refractivity contribution in [2.75, 3.05) is 5.32 Å². The van der Waals surface area contributed by atoms with E-state index in [2.05, 4.69) is 17.6 Å². The number of benzene rings is 3. The summed E-state index contributed by atoms with van der Waals surface area (Å²) in [5.74, 6) is -0.346. The molecule has 0 aliphatic heterocycles. The van der Waals surface area contributed by atoms with E-state index in [1.165, 1.54) is 5.56 Å². The minimum atomic E-state index is -0.413. The van der Waals surface area contributed by atoms with Crippen molar-refractivity contribution < 1.29 is 9.59 Å². The molecular formula is C24H24N2O2.